The van der Waals surface area contributed by atoms with Crippen molar-refractivity contribution < 1.29 is 9.53 Å². The number of ether oxygens (including phenoxy) is 1. The van der Waals surface area contributed by atoms with Gasteiger partial charge in [-0.15, -0.1) is 0 Å². The van der Waals surface area contributed by atoms with Gasteiger partial charge in [0.1, 0.15) is 12.4 Å². The van der Waals surface area contributed by atoms with E-state index in [0.717, 1.165) is 16.9 Å². The molecule has 0 radical (unpaired) electrons. The fourth-order valence-electron chi connectivity index (χ4n) is 2.27. The van der Waals surface area contributed by atoms with E-state index in [1.165, 1.54) is 0 Å². The minimum atomic E-state index is -0.301. The summed E-state index contributed by atoms with van der Waals surface area (Å²) in [4.78, 5) is 11.9. The number of hydrogen-bond acceptors (Lipinski definition) is 3. The van der Waals surface area contributed by atoms with Crippen LogP contribution in [-0.4, -0.2) is 12.1 Å². The molecule has 0 unspecified atom stereocenters. The van der Waals surface area contributed by atoms with Crippen molar-refractivity contribution in [3.63, 3.8) is 0 Å². The lowest BCUT2D eigenvalue weighted by atomic mass is 10.2. The summed E-state index contributed by atoms with van der Waals surface area (Å²) in [6.07, 6.45) is 1.56. The minimum Gasteiger partial charge on any atom is -0.489 e. The third-order valence-corrected chi connectivity index (χ3v) is 4.15. The quantitative estimate of drug-likeness (QED) is 0.450. The molecule has 3 aromatic rings. The third-order valence-electron chi connectivity index (χ3n) is 3.66. The molecule has 0 saturated carbocycles. The molecule has 0 aromatic heterocycles. The van der Waals surface area contributed by atoms with Crippen LogP contribution in [0, 0.1) is 0 Å². The van der Waals surface area contributed by atoms with E-state index in [0.29, 0.717) is 22.2 Å². The van der Waals surface area contributed by atoms with Crippen molar-refractivity contribution >= 4 is 35.3 Å². The molecule has 4 nitrogen and oxygen atoms in total. The Morgan fingerprint density at radius 1 is 0.963 bits per heavy atom. The van der Waals surface area contributed by atoms with Gasteiger partial charge in [-0.3, -0.25) is 4.79 Å². The van der Waals surface area contributed by atoms with Gasteiger partial charge in [0.15, 0.2) is 0 Å². The highest BCUT2D eigenvalue weighted by molar-refractivity contribution is 6.30. The Labute approximate surface area is 167 Å². The van der Waals surface area contributed by atoms with Gasteiger partial charge in [0.05, 0.1) is 6.21 Å². The van der Waals surface area contributed by atoms with Crippen molar-refractivity contribution in [3.05, 3.63) is 99.5 Å². The Hall–Kier alpha value is -2.82. The summed E-state index contributed by atoms with van der Waals surface area (Å²) < 4.78 is 5.73. The Kier molecular flexibility index (Phi) is 6.47. The summed E-state index contributed by atoms with van der Waals surface area (Å²) in [5.74, 6) is 0.432. The van der Waals surface area contributed by atoms with Crippen LogP contribution in [0.3, 0.4) is 0 Å². The molecule has 0 aliphatic carbocycles. The Morgan fingerprint density at radius 2 is 1.70 bits per heavy atom. The van der Waals surface area contributed by atoms with Gasteiger partial charge in [-0.1, -0.05) is 35.3 Å². The SMILES string of the molecule is O=C(N/N=C\c1ccc(OCc2cccc(Cl)c2)cc1)c1ccc(Cl)cc1. The van der Waals surface area contributed by atoms with E-state index >= 15 is 0 Å². The molecule has 0 heterocycles. The highest BCUT2D eigenvalue weighted by Crippen LogP contribution is 2.16. The maximum atomic E-state index is 11.9. The highest BCUT2D eigenvalue weighted by Gasteiger charge is 2.03. The minimum absolute atomic E-state index is 0.301. The van der Waals surface area contributed by atoms with E-state index in [-0.39, 0.29) is 5.91 Å². The second kappa shape index (κ2) is 9.21. The van der Waals surface area contributed by atoms with Crippen LogP contribution >= 0.6 is 23.2 Å². The lowest BCUT2D eigenvalue weighted by Gasteiger charge is -2.06. The van der Waals surface area contributed by atoms with Crippen LogP contribution in [0.5, 0.6) is 5.75 Å². The summed E-state index contributed by atoms with van der Waals surface area (Å²) in [5.41, 5.74) is 4.80. The average Bonchev–Trinajstić information content (AvgIpc) is 2.68. The van der Waals surface area contributed by atoms with Gasteiger partial charge in [-0.2, -0.15) is 5.10 Å². The van der Waals surface area contributed by atoms with Crippen molar-refractivity contribution in [2.45, 2.75) is 6.61 Å². The molecule has 1 N–H and O–H groups in total. The zero-order valence-electron chi connectivity index (χ0n) is 14.2. The topological polar surface area (TPSA) is 50.7 Å². The Balaban J connectivity index is 1.51. The van der Waals surface area contributed by atoms with Gasteiger partial charge in [0.25, 0.3) is 5.91 Å². The zero-order valence-corrected chi connectivity index (χ0v) is 15.7. The molecule has 136 valence electrons. The van der Waals surface area contributed by atoms with Gasteiger partial charge < -0.3 is 4.74 Å². The van der Waals surface area contributed by atoms with Gasteiger partial charge >= 0.3 is 0 Å². The third kappa shape index (κ3) is 5.84. The van der Waals surface area contributed by atoms with Crippen LogP contribution in [0.15, 0.2) is 77.9 Å². The summed E-state index contributed by atoms with van der Waals surface area (Å²) in [6, 6.07) is 21.5. The summed E-state index contributed by atoms with van der Waals surface area (Å²) >= 11 is 11.8. The van der Waals surface area contributed by atoms with E-state index in [1.807, 2.05) is 48.5 Å². The first kappa shape index (κ1) is 19.0. The van der Waals surface area contributed by atoms with Crippen molar-refractivity contribution in [2.24, 2.45) is 5.10 Å². The number of carbonyl (C=O) groups excluding carboxylic acids is 1. The molecule has 1 amide bonds. The van der Waals surface area contributed by atoms with E-state index in [9.17, 15) is 4.79 Å². The second-order valence-corrected chi connectivity index (χ2v) is 6.57. The fraction of sp³-hybridized carbons (Fsp3) is 0.0476. The number of hydrazone groups is 1. The summed E-state index contributed by atoms with van der Waals surface area (Å²) in [7, 11) is 0. The van der Waals surface area contributed by atoms with Gasteiger partial charge in [-0.05, 0) is 71.8 Å². The number of halogens is 2. The molecule has 0 fully saturated rings. The summed E-state index contributed by atoms with van der Waals surface area (Å²) in [5, 5.41) is 5.22. The lowest BCUT2D eigenvalue weighted by Crippen LogP contribution is -2.17. The number of nitrogens with one attached hydrogen (secondary N) is 1. The molecule has 3 aromatic carbocycles. The van der Waals surface area contributed by atoms with Crippen molar-refractivity contribution in [2.75, 3.05) is 0 Å². The predicted molar refractivity (Wildman–Crippen MR) is 109 cm³/mol. The monoisotopic (exact) mass is 398 g/mol. The molecular weight excluding hydrogens is 383 g/mol. The van der Waals surface area contributed by atoms with E-state index in [1.54, 1.807) is 30.5 Å². The number of nitrogens with zero attached hydrogens (tertiary/aromatic N) is 1. The van der Waals surface area contributed by atoms with E-state index < -0.39 is 0 Å². The highest BCUT2D eigenvalue weighted by atomic mass is 35.5. The van der Waals surface area contributed by atoms with Crippen LogP contribution in [-0.2, 0) is 6.61 Å². The largest absolute Gasteiger partial charge is 0.489 e. The normalized spacial score (nSPS) is 10.7. The number of benzene rings is 3. The number of rotatable bonds is 6. The smallest absolute Gasteiger partial charge is 0.271 e. The van der Waals surface area contributed by atoms with Gasteiger partial charge in [0, 0.05) is 15.6 Å². The molecule has 0 aliphatic heterocycles. The van der Waals surface area contributed by atoms with Crippen LogP contribution in [0.25, 0.3) is 0 Å². The molecule has 0 atom stereocenters. The summed E-state index contributed by atoms with van der Waals surface area (Å²) in [6.45, 7) is 0.436. The first-order valence-electron chi connectivity index (χ1n) is 8.16. The molecule has 27 heavy (non-hydrogen) atoms. The maximum absolute atomic E-state index is 11.9. The zero-order chi connectivity index (χ0) is 19.1. The van der Waals surface area contributed by atoms with Gasteiger partial charge in [0.2, 0.25) is 0 Å². The Morgan fingerprint density at radius 3 is 2.41 bits per heavy atom. The molecule has 3 rings (SSSR count). The first-order valence-corrected chi connectivity index (χ1v) is 8.92. The van der Waals surface area contributed by atoms with Crippen LogP contribution in [0.4, 0.5) is 0 Å². The standard InChI is InChI=1S/C21H16Cl2N2O2/c22-18-8-6-17(7-9-18)21(26)25-24-13-15-4-10-20(11-5-15)27-14-16-2-1-3-19(23)12-16/h1-13H,14H2,(H,25,26)/b24-13-. The number of hydrogen-bond donors (Lipinski definition) is 1. The maximum Gasteiger partial charge on any atom is 0.271 e. The van der Waals surface area contributed by atoms with Crippen LogP contribution in [0.1, 0.15) is 21.5 Å². The first-order chi connectivity index (χ1) is 13.1. The molecule has 0 spiro atoms. The molecular formula is C21H16Cl2N2O2. The number of amides is 1. The number of carbonyl (C=O) groups is 1. The molecule has 6 heteroatoms. The van der Waals surface area contributed by atoms with Crippen molar-refractivity contribution in [1.29, 1.82) is 0 Å². The lowest BCUT2D eigenvalue weighted by molar-refractivity contribution is 0.0955. The van der Waals surface area contributed by atoms with Crippen LogP contribution in [0.2, 0.25) is 10.0 Å². The molecule has 0 bridgehead atoms. The van der Waals surface area contributed by atoms with E-state index in [2.05, 4.69) is 10.5 Å². The fourth-order valence-corrected chi connectivity index (χ4v) is 2.61. The van der Waals surface area contributed by atoms with E-state index in [4.69, 9.17) is 27.9 Å². The van der Waals surface area contributed by atoms with Gasteiger partial charge in [-0.25, -0.2) is 5.43 Å². The molecule has 0 aliphatic rings. The molecule has 0 saturated heterocycles. The predicted octanol–water partition coefficient (Wildman–Crippen LogP) is 5.34. The van der Waals surface area contributed by atoms with Crippen molar-refractivity contribution in [1.82, 2.24) is 5.43 Å². The Bertz CT molecular complexity index is 939. The van der Waals surface area contributed by atoms with Crippen molar-refractivity contribution in [3.8, 4) is 5.75 Å². The second-order valence-electron chi connectivity index (χ2n) is 5.69. The average molecular weight is 399 g/mol. The van der Waals surface area contributed by atoms with Crippen LogP contribution < -0.4 is 10.2 Å².